The van der Waals surface area contributed by atoms with E-state index >= 15 is 0 Å². The van der Waals surface area contributed by atoms with E-state index in [4.69, 9.17) is 4.74 Å². The van der Waals surface area contributed by atoms with Gasteiger partial charge in [-0.2, -0.15) is 0 Å². The summed E-state index contributed by atoms with van der Waals surface area (Å²) in [5.74, 6) is 0.320. The molecule has 2 atom stereocenters. The molecular formula is C13H15NO2. The molecule has 2 heterocycles. The van der Waals surface area contributed by atoms with Gasteiger partial charge in [-0.05, 0) is 11.6 Å². The molecule has 0 bridgehead atoms. The number of ether oxygens (including phenoxy) is 1. The minimum atomic E-state index is -0.594. The van der Waals surface area contributed by atoms with Crippen LogP contribution in [0.15, 0.2) is 30.5 Å². The van der Waals surface area contributed by atoms with Gasteiger partial charge in [-0.1, -0.05) is 18.2 Å². The zero-order valence-corrected chi connectivity index (χ0v) is 9.26. The third-order valence-corrected chi connectivity index (χ3v) is 3.34. The van der Waals surface area contributed by atoms with E-state index in [1.807, 2.05) is 6.07 Å². The molecule has 1 N–H and O–H groups in total. The average Bonchev–Trinajstić information content (AvgIpc) is 2.84. The second-order valence-electron chi connectivity index (χ2n) is 4.43. The first-order chi connectivity index (χ1) is 7.75. The predicted octanol–water partition coefficient (Wildman–Crippen LogP) is 2.00. The number of hydrogen-bond acceptors (Lipinski definition) is 2. The summed E-state index contributed by atoms with van der Waals surface area (Å²) in [6, 6.07) is 8.35. The van der Waals surface area contributed by atoms with E-state index in [1.54, 1.807) is 0 Å². The molecule has 0 spiro atoms. The Kier molecular flexibility index (Phi) is 2.23. The number of para-hydroxylation sites is 1. The topological polar surface area (TPSA) is 34.4 Å². The first-order valence-electron chi connectivity index (χ1n) is 5.59. The third-order valence-electron chi connectivity index (χ3n) is 3.34. The van der Waals surface area contributed by atoms with Crippen LogP contribution in [0.1, 0.15) is 17.9 Å². The molecule has 1 aromatic heterocycles. The Bertz CT molecular complexity index is 518. The highest BCUT2D eigenvalue weighted by Gasteiger charge is 2.27. The molecular weight excluding hydrogens is 202 g/mol. The quantitative estimate of drug-likeness (QED) is 0.792. The Morgan fingerprint density at radius 1 is 1.38 bits per heavy atom. The number of benzene rings is 1. The predicted molar refractivity (Wildman–Crippen MR) is 62.2 cm³/mol. The van der Waals surface area contributed by atoms with Crippen molar-refractivity contribution in [2.24, 2.45) is 7.05 Å². The van der Waals surface area contributed by atoms with Crippen LogP contribution in [0.4, 0.5) is 0 Å². The highest BCUT2D eigenvalue weighted by atomic mass is 16.6. The zero-order chi connectivity index (χ0) is 11.1. The second kappa shape index (κ2) is 3.61. The van der Waals surface area contributed by atoms with Crippen LogP contribution in [0, 0.1) is 0 Å². The van der Waals surface area contributed by atoms with Gasteiger partial charge < -0.3 is 14.4 Å². The zero-order valence-electron chi connectivity index (χ0n) is 9.26. The summed E-state index contributed by atoms with van der Waals surface area (Å²) in [7, 11) is 2.05. The molecule has 3 rings (SSSR count). The summed E-state index contributed by atoms with van der Waals surface area (Å²) in [5.41, 5.74) is 2.52. The van der Waals surface area contributed by atoms with Crippen LogP contribution in [0.25, 0.3) is 10.9 Å². The summed E-state index contributed by atoms with van der Waals surface area (Å²) in [4.78, 5) is 0. The number of fused-ring (bicyclic) bond motifs is 1. The summed E-state index contributed by atoms with van der Waals surface area (Å²) in [6.07, 6.45) is 2.26. The summed E-state index contributed by atoms with van der Waals surface area (Å²) in [6.45, 7) is 0.620. The molecule has 0 aliphatic carbocycles. The number of aliphatic hydroxyl groups excluding tert-OH is 1. The van der Waals surface area contributed by atoms with Gasteiger partial charge in [0.1, 0.15) is 0 Å². The van der Waals surface area contributed by atoms with Gasteiger partial charge in [0.2, 0.25) is 0 Å². The van der Waals surface area contributed by atoms with Crippen LogP contribution in [-0.4, -0.2) is 22.6 Å². The minimum absolute atomic E-state index is 0.320. The molecule has 16 heavy (non-hydrogen) atoms. The molecule has 0 radical (unpaired) electrons. The number of nitrogens with zero attached hydrogens (tertiary/aromatic N) is 1. The molecule has 0 amide bonds. The Morgan fingerprint density at radius 2 is 2.19 bits per heavy atom. The SMILES string of the molecule is Cn1cc(C2COC(O)C2)c2ccccc21. The van der Waals surface area contributed by atoms with E-state index in [1.165, 1.54) is 16.5 Å². The largest absolute Gasteiger partial charge is 0.368 e. The lowest BCUT2D eigenvalue weighted by atomic mass is 9.98. The monoisotopic (exact) mass is 217 g/mol. The van der Waals surface area contributed by atoms with Crippen LogP contribution in [0.5, 0.6) is 0 Å². The van der Waals surface area contributed by atoms with E-state index in [0.29, 0.717) is 18.9 Å². The standard InChI is InChI=1S/C13H15NO2/c1-14-7-11(9-6-13(15)16-8-9)10-4-2-3-5-12(10)14/h2-5,7,9,13,15H,6,8H2,1H3. The lowest BCUT2D eigenvalue weighted by molar-refractivity contribution is -0.0589. The fraction of sp³-hybridized carbons (Fsp3) is 0.385. The number of aromatic nitrogens is 1. The smallest absolute Gasteiger partial charge is 0.155 e. The first-order valence-corrected chi connectivity index (χ1v) is 5.59. The van der Waals surface area contributed by atoms with Gasteiger partial charge in [-0.15, -0.1) is 0 Å². The number of aryl methyl sites for hydroxylation is 1. The average molecular weight is 217 g/mol. The van der Waals surface area contributed by atoms with E-state index in [-0.39, 0.29) is 0 Å². The molecule has 1 aliphatic heterocycles. The molecule has 3 heteroatoms. The molecule has 1 aliphatic rings. The lowest BCUT2D eigenvalue weighted by Crippen LogP contribution is -2.00. The van der Waals surface area contributed by atoms with Gasteiger partial charge in [-0.3, -0.25) is 0 Å². The molecule has 0 saturated carbocycles. The fourth-order valence-electron chi connectivity index (χ4n) is 2.52. The van der Waals surface area contributed by atoms with Crippen LogP contribution < -0.4 is 0 Å². The first kappa shape index (κ1) is 9.87. The van der Waals surface area contributed by atoms with Gasteiger partial charge in [0.25, 0.3) is 0 Å². The molecule has 3 nitrogen and oxygen atoms in total. The van der Waals surface area contributed by atoms with Crippen LogP contribution in [0.2, 0.25) is 0 Å². The van der Waals surface area contributed by atoms with Crippen molar-refractivity contribution in [1.29, 1.82) is 0 Å². The van der Waals surface area contributed by atoms with Crippen molar-refractivity contribution in [1.82, 2.24) is 4.57 Å². The maximum atomic E-state index is 9.41. The minimum Gasteiger partial charge on any atom is -0.368 e. The van der Waals surface area contributed by atoms with Crippen molar-refractivity contribution in [2.45, 2.75) is 18.6 Å². The van der Waals surface area contributed by atoms with Gasteiger partial charge in [0.15, 0.2) is 6.29 Å². The Morgan fingerprint density at radius 3 is 2.94 bits per heavy atom. The Hall–Kier alpha value is -1.32. The fourth-order valence-corrected chi connectivity index (χ4v) is 2.52. The lowest BCUT2D eigenvalue weighted by Gasteiger charge is -2.04. The third kappa shape index (κ3) is 1.44. The van der Waals surface area contributed by atoms with Crippen molar-refractivity contribution in [3.05, 3.63) is 36.0 Å². The van der Waals surface area contributed by atoms with Crippen LogP contribution in [-0.2, 0) is 11.8 Å². The van der Waals surface area contributed by atoms with E-state index in [2.05, 4.69) is 36.0 Å². The highest BCUT2D eigenvalue weighted by Crippen LogP contribution is 2.33. The summed E-state index contributed by atoms with van der Waals surface area (Å²) >= 11 is 0. The normalized spacial score (nSPS) is 25.4. The van der Waals surface area contributed by atoms with Crippen molar-refractivity contribution in [2.75, 3.05) is 6.61 Å². The van der Waals surface area contributed by atoms with E-state index in [0.717, 1.165) is 0 Å². The van der Waals surface area contributed by atoms with E-state index < -0.39 is 6.29 Å². The number of hydrogen-bond donors (Lipinski definition) is 1. The molecule has 1 aromatic carbocycles. The maximum absolute atomic E-state index is 9.41. The number of rotatable bonds is 1. The maximum Gasteiger partial charge on any atom is 0.155 e. The molecule has 2 unspecified atom stereocenters. The summed E-state index contributed by atoms with van der Waals surface area (Å²) in [5, 5.41) is 10.7. The van der Waals surface area contributed by atoms with E-state index in [9.17, 15) is 5.11 Å². The number of aliphatic hydroxyl groups is 1. The van der Waals surface area contributed by atoms with Crippen LogP contribution >= 0.6 is 0 Å². The molecule has 1 fully saturated rings. The molecule has 1 saturated heterocycles. The Labute approximate surface area is 94.3 Å². The van der Waals surface area contributed by atoms with Gasteiger partial charge in [0, 0.05) is 36.5 Å². The van der Waals surface area contributed by atoms with Gasteiger partial charge >= 0.3 is 0 Å². The Balaban J connectivity index is 2.10. The van der Waals surface area contributed by atoms with Crippen LogP contribution in [0.3, 0.4) is 0 Å². The summed E-state index contributed by atoms with van der Waals surface area (Å²) < 4.78 is 7.36. The second-order valence-corrected chi connectivity index (χ2v) is 4.43. The van der Waals surface area contributed by atoms with Crippen molar-refractivity contribution < 1.29 is 9.84 Å². The van der Waals surface area contributed by atoms with Crippen molar-refractivity contribution >= 4 is 10.9 Å². The molecule has 2 aromatic rings. The van der Waals surface area contributed by atoms with Crippen molar-refractivity contribution in [3.8, 4) is 0 Å². The van der Waals surface area contributed by atoms with Gasteiger partial charge in [-0.25, -0.2) is 0 Å². The van der Waals surface area contributed by atoms with Crippen molar-refractivity contribution in [3.63, 3.8) is 0 Å². The molecule has 84 valence electrons. The van der Waals surface area contributed by atoms with Gasteiger partial charge in [0.05, 0.1) is 6.61 Å². The highest BCUT2D eigenvalue weighted by molar-refractivity contribution is 5.84.